The molecule has 0 bridgehead atoms. The minimum Gasteiger partial charge on any atom is -0.312 e. The molecule has 3 fully saturated rings. The number of fused-ring (bicyclic) bond motifs is 4. The maximum atomic E-state index is 13.5. The normalized spacial score (nSPS) is 23.9. The summed E-state index contributed by atoms with van der Waals surface area (Å²) in [4.78, 5) is 41.3. The first kappa shape index (κ1) is 52.8. The van der Waals surface area contributed by atoms with Gasteiger partial charge in [-0.3, -0.25) is 9.59 Å². The number of rotatable bonds is 4. The Kier molecular flexibility index (Phi) is 13.7. The van der Waals surface area contributed by atoms with E-state index in [1.807, 2.05) is 62.4 Å². The molecular formula is C62H36F6N8O2. The lowest BCUT2D eigenvalue weighted by molar-refractivity contribution is -0.138. The maximum absolute atomic E-state index is 13.5. The van der Waals surface area contributed by atoms with E-state index < -0.39 is 64.8 Å². The largest absolute Gasteiger partial charge is 0.416 e. The summed E-state index contributed by atoms with van der Waals surface area (Å²) in [7, 11) is 0. The maximum Gasteiger partial charge on any atom is 0.416 e. The van der Waals surface area contributed by atoms with Gasteiger partial charge < -0.3 is 4.85 Å². The van der Waals surface area contributed by atoms with Crippen LogP contribution in [0.4, 0.5) is 26.3 Å². The fourth-order valence-electron chi connectivity index (χ4n) is 12.0. The summed E-state index contributed by atoms with van der Waals surface area (Å²) < 4.78 is 78.8. The molecule has 5 aromatic rings. The van der Waals surface area contributed by atoms with Gasteiger partial charge in [0.2, 0.25) is 11.7 Å². The van der Waals surface area contributed by atoms with Gasteiger partial charge in [-0.15, -0.1) is 0 Å². The third-order valence-corrected chi connectivity index (χ3v) is 15.5. The van der Waals surface area contributed by atoms with Gasteiger partial charge in [0, 0.05) is 23.3 Å². The van der Waals surface area contributed by atoms with Gasteiger partial charge in [-0.1, -0.05) is 90.0 Å². The molecule has 5 aliphatic rings. The number of carbonyl (C=O) groups excluding carboxylic acids is 2. The molecule has 8 atom stereocenters. The van der Waals surface area contributed by atoms with Crippen molar-refractivity contribution in [3.05, 3.63) is 233 Å². The first-order chi connectivity index (χ1) is 37.3. The van der Waals surface area contributed by atoms with Crippen LogP contribution < -0.4 is 0 Å². The number of allylic oxidation sites excluding steroid dienone is 7. The summed E-state index contributed by atoms with van der Waals surface area (Å²) in [5.74, 6) is -3.70. The van der Waals surface area contributed by atoms with Crippen molar-refractivity contribution in [3.8, 4) is 24.3 Å². The van der Waals surface area contributed by atoms with Crippen LogP contribution in [-0.2, 0) is 21.9 Å². The molecule has 0 radical (unpaired) electrons. The Bertz CT molecular complexity index is 3870. The van der Waals surface area contributed by atoms with E-state index in [4.69, 9.17) is 26.3 Å². The first-order valence-corrected chi connectivity index (χ1v) is 24.1. The molecule has 0 amide bonds. The third-order valence-electron chi connectivity index (χ3n) is 15.5. The number of carbonyl (C=O) groups is 2. The summed E-state index contributed by atoms with van der Waals surface area (Å²) in [6.45, 7) is 35.1. The Labute approximate surface area is 444 Å². The van der Waals surface area contributed by atoms with Crippen LogP contribution in [0.2, 0.25) is 0 Å². The number of aryl methyl sites for hydroxylation is 2. The van der Waals surface area contributed by atoms with E-state index >= 15 is 0 Å². The highest BCUT2D eigenvalue weighted by Gasteiger charge is 2.63. The second-order valence-corrected chi connectivity index (χ2v) is 19.6. The van der Waals surface area contributed by atoms with Gasteiger partial charge in [0.1, 0.15) is 17.8 Å². The predicted octanol–water partition coefficient (Wildman–Crippen LogP) is 14.3. The monoisotopic (exact) mass is 1040 g/mol. The number of Topliss-reactive ketones (excluding diaryl/α,β-unsaturated/α-hetero) is 2. The molecule has 16 heteroatoms. The number of ketones is 2. The Morgan fingerprint density at radius 2 is 1.01 bits per heavy atom. The van der Waals surface area contributed by atoms with Gasteiger partial charge in [0.15, 0.2) is 5.78 Å². The summed E-state index contributed by atoms with van der Waals surface area (Å²) in [5.41, 5.74) is 3.69. The number of hydrogen-bond acceptors (Lipinski definition) is 6. The van der Waals surface area contributed by atoms with Crippen LogP contribution in [0.3, 0.4) is 0 Å². The molecule has 8 unspecified atom stereocenters. The van der Waals surface area contributed by atoms with Gasteiger partial charge in [-0.2, -0.15) is 36.9 Å². The summed E-state index contributed by atoms with van der Waals surface area (Å²) in [6.07, 6.45) is -8.35. The van der Waals surface area contributed by atoms with Crippen molar-refractivity contribution in [2.75, 3.05) is 0 Å². The zero-order valence-corrected chi connectivity index (χ0v) is 41.1. The van der Waals surface area contributed by atoms with Crippen LogP contribution in [0, 0.1) is 115 Å². The lowest BCUT2D eigenvalue weighted by Crippen LogP contribution is -2.35. The number of halogens is 6. The molecule has 0 heterocycles. The summed E-state index contributed by atoms with van der Waals surface area (Å²) in [6, 6.07) is 33.9. The first-order valence-electron chi connectivity index (χ1n) is 24.1. The van der Waals surface area contributed by atoms with Crippen LogP contribution in [0.15, 0.2) is 121 Å². The Morgan fingerprint density at radius 3 is 1.51 bits per heavy atom. The van der Waals surface area contributed by atoms with Crippen molar-refractivity contribution in [1.82, 2.24) is 0 Å². The zero-order chi connectivity index (χ0) is 56.1. The van der Waals surface area contributed by atoms with E-state index in [-0.39, 0.29) is 73.8 Å². The smallest absolute Gasteiger partial charge is 0.312 e. The third kappa shape index (κ3) is 8.77. The van der Waals surface area contributed by atoms with E-state index in [1.165, 1.54) is 24.3 Å². The second kappa shape index (κ2) is 20.2. The lowest BCUT2D eigenvalue weighted by Gasteiger charge is -2.33. The van der Waals surface area contributed by atoms with Crippen LogP contribution in [0.1, 0.15) is 91.4 Å². The summed E-state index contributed by atoms with van der Waals surface area (Å²) in [5, 5.41) is 40.1. The SMILES string of the molecule is [C-]#[N+]C1=C(c2ccc(C)cc2)/C(=C(/C#N)[N+]#[C-])c2cc3c(cc21)C(C#N)=C(c1ccc(C(F)(F)F)cc1)/C3=C(\C#N)[N+]#[C-].[C-]#[N+]C1C(c2ccc(C)cc2)C(=O)C2CC3C(=O)C(c4ccc(C(F)(F)F)cc4)C(C#N)C3CC21. The van der Waals surface area contributed by atoms with Crippen LogP contribution in [0.5, 0.6) is 0 Å². The molecule has 10 rings (SSSR count). The topological polar surface area (TPSA) is 147 Å². The molecule has 0 saturated heterocycles. The van der Waals surface area contributed by atoms with Crippen LogP contribution >= 0.6 is 0 Å². The molecule has 0 aliphatic heterocycles. The number of alkyl halides is 6. The van der Waals surface area contributed by atoms with Crippen molar-refractivity contribution in [3.63, 3.8) is 0 Å². The van der Waals surface area contributed by atoms with Gasteiger partial charge in [0.05, 0.1) is 66.5 Å². The van der Waals surface area contributed by atoms with E-state index in [1.54, 1.807) is 24.3 Å². The van der Waals surface area contributed by atoms with Crippen molar-refractivity contribution in [2.45, 2.75) is 56.9 Å². The lowest BCUT2D eigenvalue weighted by atomic mass is 9.68. The minimum absolute atomic E-state index is 0.00768. The Balaban J connectivity index is 0.000000193. The molecule has 378 valence electrons. The molecule has 78 heavy (non-hydrogen) atoms. The molecular weight excluding hydrogens is 1000 g/mol. The number of hydrogen-bond donors (Lipinski definition) is 0. The highest BCUT2D eigenvalue weighted by atomic mass is 19.4. The van der Waals surface area contributed by atoms with Crippen LogP contribution in [-0.4, -0.2) is 17.6 Å². The fourth-order valence-corrected chi connectivity index (χ4v) is 12.0. The van der Waals surface area contributed by atoms with Crippen molar-refractivity contribution >= 4 is 45.1 Å². The Morgan fingerprint density at radius 1 is 0.564 bits per heavy atom. The van der Waals surface area contributed by atoms with E-state index in [0.717, 1.165) is 41.0 Å². The molecule has 0 N–H and O–H groups in total. The molecule has 3 saturated carbocycles. The van der Waals surface area contributed by atoms with Gasteiger partial charge in [0.25, 0.3) is 11.4 Å². The molecule has 5 aliphatic carbocycles. The zero-order valence-electron chi connectivity index (χ0n) is 41.1. The van der Waals surface area contributed by atoms with Gasteiger partial charge in [-0.05, 0) is 124 Å². The minimum atomic E-state index is -4.60. The highest BCUT2D eigenvalue weighted by molar-refractivity contribution is 6.29. The standard InChI is InChI=1S/C34H13F3N6.C28H23F3N2O2/c1-18-5-7-20(8-6-18)30-32(28(17-40)42-3)24-14-23-22(13-25(24)33(30)43-4)26(15-38)29(31(23)27(16-39)41-2)19-9-11-21(12-10-19)34(35,36)37;1-14-3-5-16(6-4-14)24-25(33-2)19-11-18-20(12-21(19)27(24)35)26(34)23(22(18)13-32)15-7-9-17(10-8-15)28(29,30)31/h5-14H,1H3;3-10,18-25H,11-12H2,1H3/b31-27+,32-28-;. The average Bonchev–Trinajstić information content (AvgIpc) is 4.25. The number of benzene rings is 5. The van der Waals surface area contributed by atoms with E-state index in [9.17, 15) is 57.0 Å². The van der Waals surface area contributed by atoms with E-state index in [0.29, 0.717) is 40.7 Å². The van der Waals surface area contributed by atoms with E-state index in [2.05, 4.69) is 31.5 Å². The summed E-state index contributed by atoms with van der Waals surface area (Å²) >= 11 is 0. The molecule has 10 nitrogen and oxygen atoms in total. The molecule has 0 aromatic heterocycles. The van der Waals surface area contributed by atoms with Gasteiger partial charge >= 0.3 is 12.4 Å². The Hall–Kier alpha value is -10.1. The van der Waals surface area contributed by atoms with Crippen molar-refractivity contribution in [2.24, 2.45) is 29.6 Å². The number of nitrogens with zero attached hydrogens (tertiary/aromatic N) is 8. The highest BCUT2D eigenvalue weighted by Crippen LogP contribution is 2.59. The molecule has 0 spiro atoms. The predicted molar refractivity (Wildman–Crippen MR) is 274 cm³/mol. The second-order valence-electron chi connectivity index (χ2n) is 19.6. The van der Waals surface area contributed by atoms with Gasteiger partial charge in [-0.25, -0.2) is 31.6 Å². The average molecular weight is 1040 g/mol. The number of nitriles is 4. The fraction of sp³-hybridized carbons (Fsp3) is 0.226. The molecule has 5 aromatic carbocycles. The van der Waals surface area contributed by atoms with Crippen LogP contribution in [0.25, 0.3) is 52.9 Å². The van der Waals surface area contributed by atoms with Crippen molar-refractivity contribution in [1.29, 1.82) is 21.0 Å². The quantitative estimate of drug-likeness (QED) is 0.0995. The van der Waals surface area contributed by atoms with Crippen molar-refractivity contribution < 1.29 is 35.9 Å².